The average Bonchev–Trinajstić information content (AvgIpc) is 2.79. The van der Waals surface area contributed by atoms with Crippen molar-refractivity contribution in [1.82, 2.24) is 9.88 Å². The molecule has 0 fully saturated rings. The summed E-state index contributed by atoms with van der Waals surface area (Å²) < 4.78 is 0. The molecule has 1 atom stereocenters. The van der Waals surface area contributed by atoms with Crippen LogP contribution in [-0.4, -0.2) is 23.5 Å². The van der Waals surface area contributed by atoms with E-state index in [4.69, 9.17) is 5.73 Å². The Bertz CT molecular complexity index is 595. The molecule has 0 spiro atoms. The second kappa shape index (κ2) is 6.69. The summed E-state index contributed by atoms with van der Waals surface area (Å²) in [6.45, 7) is 10.1. The van der Waals surface area contributed by atoms with Crippen molar-refractivity contribution in [3.05, 3.63) is 50.5 Å². The van der Waals surface area contributed by atoms with Crippen molar-refractivity contribution >= 4 is 11.3 Å². The molecule has 4 heteroatoms. The smallest absolute Gasteiger partial charge is 0.0798 e. The lowest BCUT2D eigenvalue weighted by atomic mass is 9.93. The predicted octanol–water partition coefficient (Wildman–Crippen LogP) is 3.51. The van der Waals surface area contributed by atoms with E-state index >= 15 is 0 Å². The van der Waals surface area contributed by atoms with Gasteiger partial charge in [0.15, 0.2) is 0 Å². The van der Waals surface area contributed by atoms with E-state index in [1.165, 1.54) is 27.1 Å². The molecule has 1 aromatic carbocycles. The summed E-state index contributed by atoms with van der Waals surface area (Å²) in [5.74, 6) is 0. The van der Waals surface area contributed by atoms with Crippen LogP contribution in [0.3, 0.4) is 0 Å². The molecule has 2 N–H and O–H groups in total. The molecule has 0 saturated carbocycles. The molecule has 2 rings (SSSR count). The summed E-state index contributed by atoms with van der Waals surface area (Å²) in [4.78, 5) is 7.99. The van der Waals surface area contributed by atoms with Gasteiger partial charge in [0.05, 0.1) is 11.2 Å². The van der Waals surface area contributed by atoms with Crippen molar-refractivity contribution in [2.75, 3.05) is 13.6 Å². The Labute approximate surface area is 131 Å². The molecule has 0 bridgehead atoms. The van der Waals surface area contributed by atoms with Crippen LogP contribution in [0.5, 0.6) is 0 Å². The van der Waals surface area contributed by atoms with Gasteiger partial charge < -0.3 is 5.73 Å². The monoisotopic (exact) mass is 303 g/mol. The third-order valence-corrected chi connectivity index (χ3v) is 4.98. The standard InChI is InChI=1S/C17H25N3S/c1-11-6-12(2)17(13(3)7-11)15(8-18)20(5)9-16-14(4)19-10-21-16/h6-7,10,15H,8-9,18H2,1-5H3. The quantitative estimate of drug-likeness (QED) is 0.919. The maximum atomic E-state index is 6.09. The van der Waals surface area contributed by atoms with E-state index in [9.17, 15) is 0 Å². The zero-order valence-electron chi connectivity index (χ0n) is 13.6. The fraction of sp³-hybridized carbons (Fsp3) is 0.471. The number of nitrogens with zero attached hydrogens (tertiary/aromatic N) is 2. The molecule has 3 nitrogen and oxygen atoms in total. The fourth-order valence-electron chi connectivity index (χ4n) is 3.05. The highest BCUT2D eigenvalue weighted by atomic mass is 32.1. The molecule has 1 heterocycles. The Hall–Kier alpha value is -1.23. The van der Waals surface area contributed by atoms with Crippen molar-refractivity contribution in [2.24, 2.45) is 5.73 Å². The van der Waals surface area contributed by atoms with Crippen LogP contribution in [0.1, 0.15) is 38.9 Å². The molecule has 0 saturated heterocycles. The van der Waals surface area contributed by atoms with E-state index in [0.29, 0.717) is 6.54 Å². The van der Waals surface area contributed by atoms with Crippen LogP contribution >= 0.6 is 11.3 Å². The van der Waals surface area contributed by atoms with Gasteiger partial charge in [-0.05, 0) is 51.4 Å². The van der Waals surface area contributed by atoms with Crippen LogP contribution in [0.2, 0.25) is 0 Å². The highest BCUT2D eigenvalue weighted by Crippen LogP contribution is 2.28. The van der Waals surface area contributed by atoms with Crippen LogP contribution in [0.15, 0.2) is 17.6 Å². The molecule has 0 radical (unpaired) electrons. The Morgan fingerprint density at radius 3 is 2.29 bits per heavy atom. The van der Waals surface area contributed by atoms with Gasteiger partial charge in [0, 0.05) is 24.0 Å². The number of aryl methyl sites for hydroxylation is 4. The van der Waals surface area contributed by atoms with Crippen LogP contribution < -0.4 is 5.73 Å². The zero-order valence-corrected chi connectivity index (χ0v) is 14.4. The highest BCUT2D eigenvalue weighted by molar-refractivity contribution is 7.09. The molecule has 0 amide bonds. The maximum absolute atomic E-state index is 6.09. The molecule has 0 aliphatic rings. The zero-order chi connectivity index (χ0) is 15.6. The number of thiazole rings is 1. The van der Waals surface area contributed by atoms with Gasteiger partial charge in [0.25, 0.3) is 0 Å². The number of likely N-dealkylation sites (N-methyl/N-ethyl adjacent to an activating group) is 1. The Morgan fingerprint density at radius 1 is 1.19 bits per heavy atom. The van der Waals surface area contributed by atoms with Crippen LogP contribution in [0.25, 0.3) is 0 Å². The van der Waals surface area contributed by atoms with Gasteiger partial charge in [-0.25, -0.2) is 4.98 Å². The molecule has 0 aliphatic heterocycles. The minimum atomic E-state index is 0.243. The number of hydrogen-bond donors (Lipinski definition) is 1. The third-order valence-electron chi connectivity index (χ3n) is 4.06. The minimum Gasteiger partial charge on any atom is -0.329 e. The molecular weight excluding hydrogens is 278 g/mol. The van der Waals surface area contributed by atoms with Crippen molar-refractivity contribution in [3.8, 4) is 0 Å². The first-order valence-electron chi connectivity index (χ1n) is 7.31. The van der Waals surface area contributed by atoms with Crippen LogP contribution in [0, 0.1) is 27.7 Å². The lowest BCUT2D eigenvalue weighted by Gasteiger charge is -2.30. The first-order valence-corrected chi connectivity index (χ1v) is 8.19. The van der Waals surface area contributed by atoms with Crippen molar-refractivity contribution in [3.63, 3.8) is 0 Å². The van der Waals surface area contributed by atoms with E-state index in [-0.39, 0.29) is 6.04 Å². The van der Waals surface area contributed by atoms with E-state index in [1.807, 2.05) is 5.51 Å². The topological polar surface area (TPSA) is 42.1 Å². The summed E-state index contributed by atoms with van der Waals surface area (Å²) in [5.41, 5.74) is 14.5. The average molecular weight is 303 g/mol. The third kappa shape index (κ3) is 3.51. The molecule has 1 unspecified atom stereocenters. The second-order valence-electron chi connectivity index (χ2n) is 5.84. The van der Waals surface area contributed by atoms with E-state index in [2.05, 4.69) is 56.8 Å². The molecule has 1 aromatic heterocycles. The van der Waals surface area contributed by atoms with E-state index < -0.39 is 0 Å². The number of aromatic nitrogens is 1. The van der Waals surface area contributed by atoms with Gasteiger partial charge in [0.2, 0.25) is 0 Å². The summed E-state index contributed by atoms with van der Waals surface area (Å²) in [5, 5.41) is 0. The summed E-state index contributed by atoms with van der Waals surface area (Å²) in [6, 6.07) is 4.74. The molecule has 2 aromatic rings. The van der Waals surface area contributed by atoms with E-state index in [0.717, 1.165) is 12.2 Å². The fourth-order valence-corrected chi connectivity index (χ4v) is 3.89. The van der Waals surface area contributed by atoms with Gasteiger partial charge >= 0.3 is 0 Å². The number of rotatable bonds is 5. The number of hydrogen-bond acceptors (Lipinski definition) is 4. The van der Waals surface area contributed by atoms with Gasteiger partial charge in [-0.3, -0.25) is 4.90 Å². The second-order valence-corrected chi connectivity index (χ2v) is 6.78. The van der Waals surface area contributed by atoms with E-state index in [1.54, 1.807) is 11.3 Å². The molecule has 21 heavy (non-hydrogen) atoms. The Balaban J connectivity index is 2.29. The van der Waals surface area contributed by atoms with Gasteiger partial charge in [-0.2, -0.15) is 0 Å². The van der Waals surface area contributed by atoms with Gasteiger partial charge in [0.1, 0.15) is 0 Å². The molecule has 0 aliphatic carbocycles. The number of benzene rings is 1. The molecule has 114 valence electrons. The summed E-state index contributed by atoms with van der Waals surface area (Å²) >= 11 is 1.72. The predicted molar refractivity (Wildman–Crippen MR) is 90.8 cm³/mol. The van der Waals surface area contributed by atoms with Crippen LogP contribution in [0.4, 0.5) is 0 Å². The van der Waals surface area contributed by atoms with Crippen molar-refractivity contribution < 1.29 is 0 Å². The maximum Gasteiger partial charge on any atom is 0.0798 e. The number of nitrogens with two attached hydrogens (primary N) is 1. The summed E-state index contributed by atoms with van der Waals surface area (Å²) in [7, 11) is 2.15. The Morgan fingerprint density at radius 2 is 1.81 bits per heavy atom. The lowest BCUT2D eigenvalue weighted by Crippen LogP contribution is -2.31. The van der Waals surface area contributed by atoms with Gasteiger partial charge in [-0.15, -0.1) is 11.3 Å². The largest absolute Gasteiger partial charge is 0.329 e. The highest BCUT2D eigenvalue weighted by Gasteiger charge is 2.20. The minimum absolute atomic E-state index is 0.243. The lowest BCUT2D eigenvalue weighted by molar-refractivity contribution is 0.242. The van der Waals surface area contributed by atoms with Gasteiger partial charge in [-0.1, -0.05) is 17.7 Å². The Kier molecular flexibility index (Phi) is 5.14. The van der Waals surface area contributed by atoms with Crippen molar-refractivity contribution in [1.29, 1.82) is 0 Å². The SMILES string of the molecule is Cc1cc(C)c(C(CN)N(C)Cc2scnc2C)c(C)c1. The van der Waals surface area contributed by atoms with Crippen molar-refractivity contribution in [2.45, 2.75) is 40.3 Å². The van der Waals surface area contributed by atoms with Crippen LogP contribution in [-0.2, 0) is 6.54 Å². The molecular formula is C17H25N3S. The first-order chi connectivity index (χ1) is 9.93. The summed E-state index contributed by atoms with van der Waals surface area (Å²) in [6.07, 6.45) is 0. The normalized spacial score (nSPS) is 12.9. The first kappa shape index (κ1) is 16.1.